The highest BCUT2D eigenvalue weighted by Crippen LogP contribution is 2.23. The second-order valence-corrected chi connectivity index (χ2v) is 8.39. The third kappa shape index (κ3) is 5.18. The molecule has 0 atom stereocenters. The number of sulfonamides is 2. The van der Waals surface area contributed by atoms with Crippen LogP contribution in [0.1, 0.15) is 19.3 Å². The van der Waals surface area contributed by atoms with Crippen LogP contribution in [0.4, 0.5) is 0 Å². The zero-order valence-corrected chi connectivity index (χ0v) is 14.3. The molecule has 1 saturated carbocycles. The van der Waals surface area contributed by atoms with Crippen molar-refractivity contribution in [2.24, 2.45) is 5.73 Å². The van der Waals surface area contributed by atoms with Gasteiger partial charge in [-0.25, -0.2) is 26.3 Å². The van der Waals surface area contributed by atoms with Gasteiger partial charge in [-0.15, -0.1) is 12.4 Å². The Labute approximate surface area is 137 Å². The Morgan fingerprint density at radius 2 is 1.68 bits per heavy atom. The summed E-state index contributed by atoms with van der Waals surface area (Å²) in [4.78, 5) is -0.116. The molecule has 0 radical (unpaired) electrons. The maximum atomic E-state index is 12.1. The zero-order valence-electron chi connectivity index (χ0n) is 11.9. The van der Waals surface area contributed by atoms with Crippen LogP contribution >= 0.6 is 12.4 Å². The summed E-state index contributed by atoms with van der Waals surface area (Å²) in [5.74, 6) is 0. The topological polar surface area (TPSA) is 118 Å². The predicted molar refractivity (Wildman–Crippen MR) is 85.9 cm³/mol. The van der Waals surface area contributed by atoms with Crippen molar-refractivity contribution in [1.82, 2.24) is 9.44 Å². The number of nitrogens with one attached hydrogen (secondary N) is 2. The molecule has 0 unspecified atom stereocenters. The minimum absolute atomic E-state index is 0. The van der Waals surface area contributed by atoms with Crippen LogP contribution in [-0.2, 0) is 20.0 Å². The fourth-order valence-corrected chi connectivity index (χ4v) is 4.23. The molecule has 0 aromatic heterocycles. The number of hydrogen-bond donors (Lipinski definition) is 3. The molecule has 0 spiro atoms. The van der Waals surface area contributed by atoms with Gasteiger partial charge < -0.3 is 5.73 Å². The van der Waals surface area contributed by atoms with E-state index in [1.54, 1.807) is 0 Å². The van der Waals surface area contributed by atoms with Crippen LogP contribution in [0.15, 0.2) is 34.1 Å². The molecule has 1 aromatic carbocycles. The molecule has 0 amide bonds. The molecule has 1 aromatic rings. The van der Waals surface area contributed by atoms with Crippen LogP contribution in [0.2, 0.25) is 0 Å². The fraction of sp³-hybridized carbons (Fsp3) is 0.500. The molecule has 1 aliphatic rings. The van der Waals surface area contributed by atoms with Gasteiger partial charge in [-0.2, -0.15) is 0 Å². The molecule has 2 rings (SSSR count). The standard InChI is InChI=1S/C12H19N3O4S2.ClH/c13-7-2-8-14-20(16,17)11-3-1-4-12(9-11)21(18,19)15-10-5-6-10;/h1,3-4,9-10,14-15H,2,5-8,13H2;1H. The van der Waals surface area contributed by atoms with Crippen molar-refractivity contribution in [2.45, 2.75) is 35.1 Å². The van der Waals surface area contributed by atoms with Crippen LogP contribution in [-0.4, -0.2) is 36.0 Å². The lowest BCUT2D eigenvalue weighted by molar-refractivity contribution is 0.578. The minimum atomic E-state index is -3.73. The predicted octanol–water partition coefficient (Wildman–Crippen LogP) is 0.176. The molecule has 4 N–H and O–H groups in total. The zero-order chi connectivity index (χ0) is 15.5. The molecule has 1 fully saturated rings. The lowest BCUT2D eigenvalue weighted by Crippen LogP contribution is -2.28. The van der Waals surface area contributed by atoms with Crippen LogP contribution in [0, 0.1) is 0 Å². The van der Waals surface area contributed by atoms with Gasteiger partial charge in [0.15, 0.2) is 0 Å². The number of halogens is 1. The van der Waals surface area contributed by atoms with Gasteiger partial charge in [-0.05, 0) is 44.0 Å². The molecule has 7 nitrogen and oxygen atoms in total. The quantitative estimate of drug-likeness (QED) is 0.565. The smallest absolute Gasteiger partial charge is 0.240 e. The number of rotatable bonds is 8. The number of benzene rings is 1. The van der Waals surface area contributed by atoms with Crippen LogP contribution in [0.5, 0.6) is 0 Å². The highest BCUT2D eigenvalue weighted by Gasteiger charge is 2.28. The Bertz CT molecular complexity index is 703. The van der Waals surface area contributed by atoms with Gasteiger partial charge in [0.2, 0.25) is 20.0 Å². The summed E-state index contributed by atoms with van der Waals surface area (Å²) < 4.78 is 53.2. The average molecular weight is 370 g/mol. The summed E-state index contributed by atoms with van der Waals surface area (Å²) in [6, 6.07) is 5.29. The Morgan fingerprint density at radius 1 is 1.09 bits per heavy atom. The van der Waals surface area contributed by atoms with E-state index in [1.807, 2.05) is 0 Å². The maximum Gasteiger partial charge on any atom is 0.240 e. The molecule has 1 aliphatic carbocycles. The van der Waals surface area contributed by atoms with E-state index < -0.39 is 20.0 Å². The molecular weight excluding hydrogens is 350 g/mol. The van der Waals surface area contributed by atoms with E-state index in [1.165, 1.54) is 18.2 Å². The van der Waals surface area contributed by atoms with Gasteiger partial charge in [0, 0.05) is 12.6 Å². The summed E-state index contributed by atoms with van der Waals surface area (Å²) in [6.45, 7) is 0.596. The van der Waals surface area contributed by atoms with E-state index in [-0.39, 0.29) is 34.8 Å². The summed E-state index contributed by atoms with van der Waals surface area (Å²) >= 11 is 0. The van der Waals surface area contributed by atoms with Gasteiger partial charge in [-0.3, -0.25) is 0 Å². The van der Waals surface area contributed by atoms with E-state index in [4.69, 9.17) is 5.73 Å². The molecule has 126 valence electrons. The van der Waals surface area contributed by atoms with Crippen LogP contribution in [0.3, 0.4) is 0 Å². The maximum absolute atomic E-state index is 12.1. The second-order valence-electron chi connectivity index (χ2n) is 4.91. The monoisotopic (exact) mass is 369 g/mol. The SMILES string of the molecule is Cl.NCCCNS(=O)(=O)c1cccc(S(=O)(=O)NC2CC2)c1. The van der Waals surface area contributed by atoms with E-state index >= 15 is 0 Å². The van der Waals surface area contributed by atoms with Gasteiger partial charge in [0.25, 0.3) is 0 Å². The van der Waals surface area contributed by atoms with Crippen molar-refractivity contribution < 1.29 is 16.8 Å². The lowest BCUT2D eigenvalue weighted by Gasteiger charge is -2.09. The molecular formula is C12H20ClN3O4S2. The first-order valence-corrected chi connectivity index (χ1v) is 9.64. The first-order valence-electron chi connectivity index (χ1n) is 6.67. The Balaban J connectivity index is 0.00000242. The van der Waals surface area contributed by atoms with E-state index in [9.17, 15) is 16.8 Å². The Morgan fingerprint density at radius 3 is 2.23 bits per heavy atom. The summed E-state index contributed by atoms with van der Waals surface area (Å²) in [6.07, 6.45) is 2.15. The van der Waals surface area contributed by atoms with Crippen LogP contribution < -0.4 is 15.2 Å². The normalized spacial score (nSPS) is 15.3. The van der Waals surface area contributed by atoms with E-state index in [0.29, 0.717) is 13.0 Å². The molecule has 0 bridgehead atoms. The number of nitrogens with two attached hydrogens (primary N) is 1. The molecule has 0 heterocycles. The third-order valence-electron chi connectivity index (χ3n) is 3.00. The van der Waals surface area contributed by atoms with Gasteiger partial charge in [0.1, 0.15) is 0 Å². The number of hydrogen-bond acceptors (Lipinski definition) is 5. The van der Waals surface area contributed by atoms with Crippen molar-refractivity contribution in [3.63, 3.8) is 0 Å². The molecule has 22 heavy (non-hydrogen) atoms. The largest absolute Gasteiger partial charge is 0.330 e. The Kier molecular flexibility index (Phi) is 6.78. The summed E-state index contributed by atoms with van der Waals surface area (Å²) in [5, 5.41) is 0. The van der Waals surface area contributed by atoms with Crippen LogP contribution in [0.25, 0.3) is 0 Å². The van der Waals surface area contributed by atoms with Gasteiger partial charge in [0.05, 0.1) is 9.79 Å². The Hall–Kier alpha value is -0.710. The van der Waals surface area contributed by atoms with E-state index in [0.717, 1.165) is 18.9 Å². The van der Waals surface area contributed by atoms with E-state index in [2.05, 4.69) is 9.44 Å². The molecule has 0 aliphatic heterocycles. The van der Waals surface area contributed by atoms with Gasteiger partial charge in [-0.1, -0.05) is 6.07 Å². The van der Waals surface area contributed by atoms with Crippen molar-refractivity contribution >= 4 is 32.5 Å². The lowest BCUT2D eigenvalue weighted by atomic mass is 10.4. The first kappa shape index (κ1) is 19.3. The van der Waals surface area contributed by atoms with Crippen molar-refractivity contribution in [3.8, 4) is 0 Å². The highest BCUT2D eigenvalue weighted by atomic mass is 35.5. The fourth-order valence-electron chi connectivity index (χ4n) is 1.69. The third-order valence-corrected chi connectivity index (χ3v) is 5.98. The average Bonchev–Trinajstić information content (AvgIpc) is 3.22. The van der Waals surface area contributed by atoms with Crippen molar-refractivity contribution in [3.05, 3.63) is 24.3 Å². The van der Waals surface area contributed by atoms with Gasteiger partial charge >= 0.3 is 0 Å². The highest BCUT2D eigenvalue weighted by molar-refractivity contribution is 7.90. The summed E-state index contributed by atoms with van der Waals surface area (Å²) in [7, 11) is -7.39. The molecule has 10 heteroatoms. The van der Waals surface area contributed by atoms with Crippen molar-refractivity contribution in [2.75, 3.05) is 13.1 Å². The molecule has 0 saturated heterocycles. The minimum Gasteiger partial charge on any atom is -0.330 e. The first-order chi connectivity index (χ1) is 9.85. The second kappa shape index (κ2) is 7.71. The van der Waals surface area contributed by atoms with Crippen molar-refractivity contribution in [1.29, 1.82) is 0 Å². The summed E-state index contributed by atoms with van der Waals surface area (Å²) in [5.41, 5.74) is 5.31.